The number of hydrogen-bond acceptors (Lipinski definition) is 6. The first kappa shape index (κ1) is 14.7. The molecule has 1 aliphatic rings. The number of nitrogens with zero attached hydrogens (tertiary/aromatic N) is 5. The molecular formula is C14H16N6OS. The summed E-state index contributed by atoms with van der Waals surface area (Å²) >= 11 is 1.53. The van der Waals surface area contributed by atoms with E-state index >= 15 is 0 Å². The highest BCUT2D eigenvalue weighted by atomic mass is 32.1. The molecule has 1 amide bonds. The van der Waals surface area contributed by atoms with Crippen LogP contribution < -0.4 is 5.73 Å². The van der Waals surface area contributed by atoms with E-state index in [0.717, 1.165) is 37.4 Å². The number of aromatic nitrogens is 3. The lowest BCUT2D eigenvalue weighted by molar-refractivity contribution is 0.0989. The molecule has 1 fully saturated rings. The van der Waals surface area contributed by atoms with E-state index in [4.69, 9.17) is 11.0 Å². The second kappa shape index (κ2) is 6.25. The molecule has 3 heterocycles. The molecule has 8 heteroatoms. The number of thiophene rings is 1. The predicted molar refractivity (Wildman–Crippen MR) is 81.1 cm³/mol. The van der Waals surface area contributed by atoms with Gasteiger partial charge in [0.2, 0.25) is 5.82 Å². The van der Waals surface area contributed by atoms with Crippen LogP contribution in [0.1, 0.15) is 39.3 Å². The highest BCUT2D eigenvalue weighted by Crippen LogP contribution is 2.24. The van der Waals surface area contributed by atoms with Crippen LogP contribution >= 0.6 is 11.3 Å². The van der Waals surface area contributed by atoms with Crippen LogP contribution in [0.4, 0.5) is 0 Å². The quantitative estimate of drug-likeness (QED) is 0.911. The van der Waals surface area contributed by atoms with Crippen molar-refractivity contribution in [1.29, 1.82) is 5.26 Å². The highest BCUT2D eigenvalue weighted by Gasteiger charge is 2.23. The third kappa shape index (κ3) is 3.16. The van der Waals surface area contributed by atoms with Gasteiger partial charge in [0, 0.05) is 18.0 Å². The van der Waals surface area contributed by atoms with Crippen molar-refractivity contribution in [3.05, 3.63) is 34.0 Å². The summed E-state index contributed by atoms with van der Waals surface area (Å²) < 4.78 is 1.74. The predicted octanol–water partition coefficient (Wildman–Crippen LogP) is 1.15. The summed E-state index contributed by atoms with van der Waals surface area (Å²) in [6.07, 6.45) is 3.64. The van der Waals surface area contributed by atoms with Crippen LogP contribution in [-0.4, -0.2) is 38.7 Å². The lowest BCUT2D eigenvalue weighted by atomic mass is 10.1. The number of carbonyl (C=O) groups is 1. The number of nitriles is 1. The van der Waals surface area contributed by atoms with Crippen LogP contribution in [0.2, 0.25) is 0 Å². The van der Waals surface area contributed by atoms with Gasteiger partial charge < -0.3 is 5.73 Å². The Bertz CT molecular complexity index is 715. The van der Waals surface area contributed by atoms with Gasteiger partial charge in [-0.05, 0) is 31.5 Å². The van der Waals surface area contributed by atoms with Crippen molar-refractivity contribution >= 4 is 17.2 Å². The molecule has 3 rings (SSSR count). The number of nitrogens with two attached hydrogens (primary N) is 1. The van der Waals surface area contributed by atoms with Crippen molar-refractivity contribution in [3.63, 3.8) is 0 Å². The van der Waals surface area contributed by atoms with E-state index < -0.39 is 5.91 Å². The van der Waals surface area contributed by atoms with Gasteiger partial charge in [-0.15, -0.1) is 16.4 Å². The van der Waals surface area contributed by atoms with E-state index in [-0.39, 0.29) is 11.9 Å². The zero-order valence-corrected chi connectivity index (χ0v) is 12.8. The third-order valence-corrected chi connectivity index (χ3v) is 4.71. The molecule has 0 aromatic carbocycles. The van der Waals surface area contributed by atoms with Gasteiger partial charge in [-0.3, -0.25) is 9.69 Å². The number of hydrogen-bond donors (Lipinski definition) is 1. The fourth-order valence-corrected chi connectivity index (χ4v) is 3.55. The van der Waals surface area contributed by atoms with E-state index in [2.05, 4.69) is 21.1 Å². The summed E-state index contributed by atoms with van der Waals surface area (Å²) in [5.41, 5.74) is 5.19. The second-order valence-corrected chi connectivity index (χ2v) is 6.49. The van der Waals surface area contributed by atoms with Gasteiger partial charge in [0.05, 0.1) is 6.04 Å². The Hall–Kier alpha value is -2.24. The molecule has 1 saturated heterocycles. The monoisotopic (exact) mass is 316 g/mol. The smallest absolute Gasteiger partial charge is 0.288 e. The summed E-state index contributed by atoms with van der Waals surface area (Å²) in [5.74, 6) is -0.539. The highest BCUT2D eigenvalue weighted by molar-refractivity contribution is 7.12. The van der Waals surface area contributed by atoms with Gasteiger partial charge >= 0.3 is 0 Å². The molecule has 2 aromatic heterocycles. The van der Waals surface area contributed by atoms with E-state index in [1.165, 1.54) is 16.2 Å². The first-order valence-electron chi connectivity index (χ1n) is 7.08. The lowest BCUT2D eigenvalue weighted by Crippen LogP contribution is -2.36. The van der Waals surface area contributed by atoms with Gasteiger partial charge in [0.1, 0.15) is 17.3 Å². The Morgan fingerprint density at radius 1 is 1.55 bits per heavy atom. The third-order valence-electron chi connectivity index (χ3n) is 3.73. The van der Waals surface area contributed by atoms with Crippen LogP contribution in [0.5, 0.6) is 0 Å². The molecule has 114 valence electrons. The molecule has 1 aliphatic heterocycles. The van der Waals surface area contributed by atoms with Crippen molar-refractivity contribution in [2.45, 2.75) is 25.4 Å². The molecule has 0 radical (unpaired) electrons. The van der Waals surface area contributed by atoms with Gasteiger partial charge in [-0.25, -0.2) is 9.67 Å². The summed E-state index contributed by atoms with van der Waals surface area (Å²) in [4.78, 5) is 19.3. The summed E-state index contributed by atoms with van der Waals surface area (Å²) in [6.45, 7) is 2.70. The molecule has 1 atom stereocenters. The molecule has 0 aliphatic carbocycles. The zero-order chi connectivity index (χ0) is 15.5. The average Bonchev–Trinajstić information content (AvgIpc) is 3.16. The Morgan fingerprint density at radius 3 is 3.09 bits per heavy atom. The number of rotatable bonds is 4. The normalized spacial score (nSPS) is 19.0. The number of likely N-dealkylation sites (tertiary alicyclic amines) is 1. The SMILES string of the molecule is N#Cc1ccc(CN2CCC[C@H](n3cnc(C(N)=O)n3)C2)s1. The molecular weight excluding hydrogens is 300 g/mol. The van der Waals surface area contributed by atoms with Gasteiger partial charge in [0.25, 0.3) is 5.91 Å². The van der Waals surface area contributed by atoms with Crippen LogP contribution in [0.3, 0.4) is 0 Å². The maximum atomic E-state index is 11.1. The largest absolute Gasteiger partial charge is 0.363 e. The number of carbonyl (C=O) groups excluding carboxylic acids is 1. The first-order chi connectivity index (χ1) is 10.7. The maximum absolute atomic E-state index is 11.1. The van der Waals surface area contributed by atoms with Crippen molar-refractivity contribution < 1.29 is 4.79 Å². The molecule has 0 unspecified atom stereocenters. The molecule has 7 nitrogen and oxygen atoms in total. The van der Waals surface area contributed by atoms with Crippen molar-refractivity contribution in [3.8, 4) is 6.07 Å². The van der Waals surface area contributed by atoms with Gasteiger partial charge in [0.15, 0.2) is 0 Å². The Kier molecular flexibility index (Phi) is 4.18. The Morgan fingerprint density at radius 2 is 2.41 bits per heavy atom. The van der Waals surface area contributed by atoms with E-state index in [1.54, 1.807) is 11.0 Å². The van der Waals surface area contributed by atoms with Crippen molar-refractivity contribution in [1.82, 2.24) is 19.7 Å². The fourth-order valence-electron chi connectivity index (χ4n) is 2.70. The Labute approximate surface area is 132 Å². The van der Waals surface area contributed by atoms with Crippen LogP contribution in [-0.2, 0) is 6.54 Å². The zero-order valence-electron chi connectivity index (χ0n) is 12.0. The standard InChI is InChI=1S/C14H16N6OS/c15-6-11-3-4-12(22-11)8-19-5-1-2-10(7-19)20-9-17-14(18-20)13(16)21/h3-4,9-10H,1-2,5,7-8H2,(H2,16,21)/t10-/m0/s1. The molecule has 0 bridgehead atoms. The minimum absolute atomic E-state index is 0.0639. The first-order valence-corrected chi connectivity index (χ1v) is 7.89. The van der Waals surface area contributed by atoms with Gasteiger partial charge in [-0.2, -0.15) is 5.26 Å². The molecule has 0 spiro atoms. The molecule has 0 saturated carbocycles. The van der Waals surface area contributed by atoms with E-state index in [0.29, 0.717) is 0 Å². The number of amides is 1. The average molecular weight is 316 g/mol. The fraction of sp³-hybridized carbons (Fsp3) is 0.429. The van der Waals surface area contributed by atoms with Crippen LogP contribution in [0.15, 0.2) is 18.5 Å². The second-order valence-electron chi connectivity index (χ2n) is 5.32. The molecule has 2 aromatic rings. The number of primary amides is 1. The maximum Gasteiger partial charge on any atom is 0.288 e. The Balaban J connectivity index is 1.65. The lowest BCUT2D eigenvalue weighted by Gasteiger charge is -2.32. The van der Waals surface area contributed by atoms with E-state index in [9.17, 15) is 4.79 Å². The summed E-state index contributed by atoms with van der Waals surface area (Å²) in [5, 5.41) is 13.0. The molecule has 22 heavy (non-hydrogen) atoms. The summed E-state index contributed by atoms with van der Waals surface area (Å²) in [7, 11) is 0. The van der Waals surface area contributed by atoms with Crippen molar-refractivity contribution in [2.24, 2.45) is 5.73 Å². The van der Waals surface area contributed by atoms with Crippen LogP contribution in [0.25, 0.3) is 0 Å². The number of piperidine rings is 1. The molecule has 2 N–H and O–H groups in total. The minimum Gasteiger partial charge on any atom is -0.363 e. The van der Waals surface area contributed by atoms with Crippen molar-refractivity contribution in [2.75, 3.05) is 13.1 Å². The van der Waals surface area contributed by atoms with Gasteiger partial charge in [-0.1, -0.05) is 0 Å². The summed E-state index contributed by atoms with van der Waals surface area (Å²) in [6, 6.07) is 6.23. The topological polar surface area (TPSA) is 101 Å². The van der Waals surface area contributed by atoms with E-state index in [1.807, 2.05) is 12.1 Å². The minimum atomic E-state index is -0.603. The van der Waals surface area contributed by atoms with Crippen LogP contribution in [0, 0.1) is 11.3 Å².